The van der Waals surface area contributed by atoms with Gasteiger partial charge in [0, 0.05) is 0 Å². The molecule has 2 rings (SSSR count). The zero-order valence-electron chi connectivity index (χ0n) is 9.61. The van der Waals surface area contributed by atoms with Crippen molar-refractivity contribution in [3.63, 3.8) is 0 Å². The topological polar surface area (TPSA) is 15.6 Å². The molecule has 85 valence electrons. The molecule has 3 heteroatoms. The van der Waals surface area contributed by atoms with E-state index in [0.717, 1.165) is 0 Å². The van der Waals surface area contributed by atoms with E-state index in [4.69, 9.17) is 4.99 Å². The first-order valence-electron chi connectivity index (χ1n) is 6.29. The fraction of sp³-hybridized carbons (Fsp3) is 0.917. The van der Waals surface area contributed by atoms with Crippen LogP contribution in [0.1, 0.15) is 51.9 Å². The zero-order chi connectivity index (χ0) is 10.7. The summed E-state index contributed by atoms with van der Waals surface area (Å²) in [5.74, 6) is 0. The van der Waals surface area contributed by atoms with Gasteiger partial charge in [0.1, 0.15) is 0 Å². The normalized spacial score (nSPS) is 29.8. The molecule has 0 unspecified atom stereocenters. The first-order valence-corrected chi connectivity index (χ1v) is 7.14. The fourth-order valence-corrected chi connectivity index (χ4v) is 3.54. The SMILES string of the molecule is C[C@@H]1CCCN1C([Se])=NC1CCCCC1. The van der Waals surface area contributed by atoms with Crippen LogP contribution >= 0.6 is 0 Å². The van der Waals surface area contributed by atoms with Crippen molar-refractivity contribution in [3.05, 3.63) is 0 Å². The Bertz CT molecular complexity index is 234. The van der Waals surface area contributed by atoms with Crippen molar-refractivity contribution in [2.75, 3.05) is 6.54 Å². The Balaban J connectivity index is 1.92. The summed E-state index contributed by atoms with van der Waals surface area (Å²) in [7, 11) is 0. The third kappa shape index (κ3) is 2.98. The van der Waals surface area contributed by atoms with Gasteiger partial charge in [0.2, 0.25) is 0 Å². The van der Waals surface area contributed by atoms with Crippen LogP contribution in [-0.4, -0.2) is 44.3 Å². The molecule has 1 saturated heterocycles. The van der Waals surface area contributed by atoms with E-state index in [1.54, 1.807) is 0 Å². The molecular weight excluding hydrogens is 251 g/mol. The van der Waals surface area contributed by atoms with Crippen LogP contribution in [0.5, 0.6) is 0 Å². The van der Waals surface area contributed by atoms with Crippen molar-refractivity contribution in [1.82, 2.24) is 4.90 Å². The van der Waals surface area contributed by atoms with Gasteiger partial charge in [0.25, 0.3) is 0 Å². The summed E-state index contributed by atoms with van der Waals surface area (Å²) < 4.78 is 1.17. The van der Waals surface area contributed by atoms with E-state index in [2.05, 4.69) is 27.8 Å². The zero-order valence-corrected chi connectivity index (χ0v) is 11.3. The Kier molecular flexibility index (Phi) is 4.10. The number of hydrogen-bond donors (Lipinski definition) is 0. The van der Waals surface area contributed by atoms with Crippen molar-refractivity contribution in [3.8, 4) is 0 Å². The van der Waals surface area contributed by atoms with E-state index in [-0.39, 0.29) is 0 Å². The maximum absolute atomic E-state index is 4.86. The molecule has 2 fully saturated rings. The van der Waals surface area contributed by atoms with Crippen LogP contribution in [0.4, 0.5) is 0 Å². The van der Waals surface area contributed by atoms with Crippen molar-refractivity contribution in [2.45, 2.75) is 64.0 Å². The maximum atomic E-state index is 4.86. The van der Waals surface area contributed by atoms with Gasteiger partial charge in [-0.3, -0.25) is 0 Å². The van der Waals surface area contributed by atoms with Gasteiger partial charge in [-0.2, -0.15) is 0 Å². The average molecular weight is 272 g/mol. The number of nitrogens with zero attached hydrogens (tertiary/aromatic N) is 2. The van der Waals surface area contributed by atoms with Crippen molar-refractivity contribution in [2.24, 2.45) is 4.99 Å². The molecule has 15 heavy (non-hydrogen) atoms. The molecule has 0 aromatic carbocycles. The second-order valence-corrected chi connectivity index (χ2v) is 5.65. The van der Waals surface area contributed by atoms with Gasteiger partial charge < -0.3 is 0 Å². The Labute approximate surface area is 101 Å². The summed E-state index contributed by atoms with van der Waals surface area (Å²) in [6, 6.07) is 1.29. The van der Waals surface area contributed by atoms with Crippen LogP contribution in [0.2, 0.25) is 0 Å². The molecule has 1 heterocycles. The standard InChI is InChI=1S/C12H21N2Se/c1-10-6-5-9-14(10)12(15)13-11-7-3-2-4-8-11/h10-11H,2-9H2,1H3/t10-/m1/s1. The summed E-state index contributed by atoms with van der Waals surface area (Å²) in [6.45, 7) is 3.50. The van der Waals surface area contributed by atoms with Crippen LogP contribution in [0.15, 0.2) is 4.99 Å². The molecule has 1 aliphatic heterocycles. The second kappa shape index (κ2) is 5.36. The third-order valence-electron chi connectivity index (χ3n) is 3.67. The molecule has 0 aromatic rings. The summed E-state index contributed by atoms with van der Waals surface area (Å²) in [6.07, 6.45) is 9.40. The summed E-state index contributed by atoms with van der Waals surface area (Å²) in [4.78, 5) is 7.29. The number of amidine groups is 1. The van der Waals surface area contributed by atoms with E-state index in [1.807, 2.05) is 0 Å². The van der Waals surface area contributed by atoms with E-state index in [1.165, 1.54) is 56.2 Å². The van der Waals surface area contributed by atoms with Gasteiger partial charge in [0.15, 0.2) is 0 Å². The van der Waals surface area contributed by atoms with E-state index < -0.39 is 0 Å². The van der Waals surface area contributed by atoms with Gasteiger partial charge in [-0.05, 0) is 0 Å². The molecule has 2 aliphatic rings. The molecule has 0 amide bonds. The number of hydrogen-bond acceptors (Lipinski definition) is 1. The molecule has 1 radical (unpaired) electrons. The predicted molar refractivity (Wildman–Crippen MR) is 65.5 cm³/mol. The van der Waals surface area contributed by atoms with Gasteiger partial charge in [0.05, 0.1) is 0 Å². The minimum atomic E-state index is 0.600. The van der Waals surface area contributed by atoms with Crippen LogP contribution in [-0.2, 0) is 0 Å². The molecule has 0 bridgehead atoms. The Morgan fingerprint density at radius 2 is 1.87 bits per heavy atom. The predicted octanol–water partition coefficient (Wildman–Crippen LogP) is 2.33. The van der Waals surface area contributed by atoms with Crippen molar-refractivity contribution in [1.29, 1.82) is 0 Å². The van der Waals surface area contributed by atoms with E-state index in [0.29, 0.717) is 12.1 Å². The second-order valence-electron chi connectivity index (χ2n) is 4.89. The Morgan fingerprint density at radius 3 is 2.47 bits per heavy atom. The average Bonchev–Trinajstić information content (AvgIpc) is 2.66. The fourth-order valence-electron chi connectivity index (χ4n) is 2.66. The molecule has 1 aliphatic carbocycles. The molecule has 1 saturated carbocycles. The van der Waals surface area contributed by atoms with Crippen LogP contribution < -0.4 is 0 Å². The monoisotopic (exact) mass is 273 g/mol. The van der Waals surface area contributed by atoms with Gasteiger partial charge >= 0.3 is 101 Å². The summed E-state index contributed by atoms with van der Waals surface area (Å²) in [5, 5.41) is 0. The number of likely N-dealkylation sites (tertiary alicyclic amines) is 1. The molecular formula is C12H21N2Se. The van der Waals surface area contributed by atoms with Crippen LogP contribution in [0, 0.1) is 0 Å². The molecule has 1 atom stereocenters. The van der Waals surface area contributed by atoms with Gasteiger partial charge in [-0.1, -0.05) is 0 Å². The molecule has 0 aromatic heterocycles. The van der Waals surface area contributed by atoms with Crippen molar-refractivity contribution < 1.29 is 0 Å². The van der Waals surface area contributed by atoms with E-state index >= 15 is 0 Å². The van der Waals surface area contributed by atoms with E-state index in [9.17, 15) is 0 Å². The number of aliphatic imine (C=N–C) groups is 1. The quantitative estimate of drug-likeness (QED) is 0.406. The van der Waals surface area contributed by atoms with Crippen molar-refractivity contribution >= 4 is 20.7 Å². The first-order chi connectivity index (χ1) is 7.27. The Morgan fingerprint density at radius 1 is 1.13 bits per heavy atom. The molecule has 2 nitrogen and oxygen atoms in total. The van der Waals surface area contributed by atoms with Gasteiger partial charge in [-0.15, -0.1) is 0 Å². The molecule has 0 N–H and O–H groups in total. The van der Waals surface area contributed by atoms with Crippen LogP contribution in [0.25, 0.3) is 0 Å². The van der Waals surface area contributed by atoms with Gasteiger partial charge in [-0.25, -0.2) is 0 Å². The minimum absolute atomic E-state index is 0.600. The molecule has 0 spiro atoms. The van der Waals surface area contributed by atoms with Crippen LogP contribution in [0.3, 0.4) is 0 Å². The third-order valence-corrected chi connectivity index (χ3v) is 4.38. The Hall–Kier alpha value is -0.0105. The summed E-state index contributed by atoms with van der Waals surface area (Å²) >= 11 is 3.17. The first kappa shape index (κ1) is 11.5. The summed E-state index contributed by atoms with van der Waals surface area (Å²) in [5.41, 5.74) is 0. The number of rotatable bonds is 1.